The zero-order chi connectivity index (χ0) is 12.4. The first kappa shape index (κ1) is 12.3. The van der Waals surface area contributed by atoms with Crippen LogP contribution in [-0.2, 0) is 0 Å². The molecule has 0 radical (unpaired) electrons. The fourth-order valence-electron chi connectivity index (χ4n) is 1.35. The van der Waals surface area contributed by atoms with E-state index in [2.05, 4.69) is 31.9 Å². The van der Waals surface area contributed by atoms with Crippen LogP contribution < -0.4 is 5.48 Å². The van der Waals surface area contributed by atoms with Crippen LogP contribution in [0.5, 0.6) is 0 Å². The molecule has 1 aromatic carbocycles. The van der Waals surface area contributed by atoms with E-state index in [0.717, 1.165) is 14.5 Å². The van der Waals surface area contributed by atoms with Gasteiger partial charge in [0, 0.05) is 14.5 Å². The predicted octanol–water partition coefficient (Wildman–Crippen LogP) is 3.59. The number of carbonyl (C=O) groups excluding carboxylic acids is 1. The maximum atomic E-state index is 11.1. The minimum atomic E-state index is -0.676. The van der Waals surface area contributed by atoms with Crippen LogP contribution in [0.3, 0.4) is 0 Å². The lowest BCUT2D eigenvalue weighted by atomic mass is 10.2. The van der Waals surface area contributed by atoms with E-state index in [1.807, 2.05) is 18.2 Å². The lowest BCUT2D eigenvalue weighted by Crippen LogP contribution is -2.17. The lowest BCUT2D eigenvalue weighted by molar-refractivity contribution is 0.0677. The Morgan fingerprint density at radius 3 is 2.65 bits per heavy atom. The summed E-state index contributed by atoms with van der Waals surface area (Å²) in [6, 6.07) is 8.76. The third kappa shape index (κ3) is 2.59. The molecule has 0 saturated heterocycles. The summed E-state index contributed by atoms with van der Waals surface area (Å²) < 4.78 is 7.11. The number of carbonyl (C=O) groups is 1. The van der Waals surface area contributed by atoms with E-state index in [4.69, 9.17) is 9.62 Å². The lowest BCUT2D eigenvalue weighted by Gasteiger charge is -2.01. The first-order valence-corrected chi connectivity index (χ1v) is 6.20. The Morgan fingerprint density at radius 2 is 2.00 bits per heavy atom. The zero-order valence-electron chi connectivity index (χ0n) is 8.41. The van der Waals surface area contributed by atoms with Gasteiger partial charge >= 0.3 is 5.91 Å². The molecule has 0 aliphatic heterocycles. The van der Waals surface area contributed by atoms with Gasteiger partial charge in [-0.3, -0.25) is 10.0 Å². The summed E-state index contributed by atoms with van der Waals surface area (Å²) in [5, 5.41) is 8.48. The number of benzene rings is 1. The van der Waals surface area contributed by atoms with Gasteiger partial charge in [-0.25, -0.2) is 5.48 Å². The smallest absolute Gasteiger partial charge is 0.310 e. The number of hydrogen-bond donors (Lipinski definition) is 2. The van der Waals surface area contributed by atoms with Gasteiger partial charge in [-0.05, 0) is 46.3 Å². The average molecular weight is 361 g/mol. The number of halogens is 2. The Kier molecular flexibility index (Phi) is 3.66. The molecule has 4 nitrogen and oxygen atoms in total. The molecular weight excluding hydrogens is 354 g/mol. The van der Waals surface area contributed by atoms with Gasteiger partial charge in [0.15, 0.2) is 5.76 Å². The van der Waals surface area contributed by atoms with Crippen LogP contribution >= 0.6 is 31.9 Å². The van der Waals surface area contributed by atoms with Crippen molar-refractivity contribution in [1.82, 2.24) is 5.48 Å². The zero-order valence-corrected chi connectivity index (χ0v) is 11.6. The molecule has 6 heteroatoms. The fourth-order valence-corrected chi connectivity index (χ4v) is 2.59. The summed E-state index contributed by atoms with van der Waals surface area (Å²) in [5.41, 5.74) is 2.34. The van der Waals surface area contributed by atoms with Crippen molar-refractivity contribution in [2.24, 2.45) is 0 Å². The van der Waals surface area contributed by atoms with Gasteiger partial charge in [-0.2, -0.15) is 0 Å². The molecule has 0 unspecified atom stereocenters. The van der Waals surface area contributed by atoms with Crippen molar-refractivity contribution in [1.29, 1.82) is 0 Å². The Labute approximate surface area is 114 Å². The van der Waals surface area contributed by atoms with Crippen molar-refractivity contribution in [2.45, 2.75) is 0 Å². The molecular formula is C11H7Br2NO3. The summed E-state index contributed by atoms with van der Waals surface area (Å²) in [7, 11) is 0. The van der Waals surface area contributed by atoms with Crippen LogP contribution in [0.1, 0.15) is 10.6 Å². The molecule has 2 aromatic rings. The van der Waals surface area contributed by atoms with Gasteiger partial charge < -0.3 is 4.42 Å². The number of hydroxylamine groups is 1. The van der Waals surface area contributed by atoms with Crippen LogP contribution in [0.2, 0.25) is 0 Å². The van der Waals surface area contributed by atoms with Gasteiger partial charge in [-0.15, -0.1) is 0 Å². The number of furan rings is 1. The van der Waals surface area contributed by atoms with Crippen molar-refractivity contribution in [3.63, 3.8) is 0 Å². The maximum absolute atomic E-state index is 11.1. The van der Waals surface area contributed by atoms with Crippen LogP contribution in [0.15, 0.2) is 43.7 Å². The number of hydrogen-bond acceptors (Lipinski definition) is 3. The normalized spacial score (nSPS) is 10.3. The SMILES string of the molecule is O=C(NO)c1ccc(-c2ccc(Br)cc2Br)o1. The van der Waals surface area contributed by atoms with E-state index in [-0.39, 0.29) is 5.76 Å². The van der Waals surface area contributed by atoms with Gasteiger partial charge in [0.2, 0.25) is 0 Å². The third-order valence-electron chi connectivity index (χ3n) is 2.13. The van der Waals surface area contributed by atoms with Gasteiger partial charge in [-0.1, -0.05) is 15.9 Å². The van der Waals surface area contributed by atoms with E-state index < -0.39 is 5.91 Å². The molecule has 0 bridgehead atoms. The van der Waals surface area contributed by atoms with Crippen molar-refractivity contribution < 1.29 is 14.4 Å². The second kappa shape index (κ2) is 5.03. The molecule has 0 atom stereocenters. The molecule has 17 heavy (non-hydrogen) atoms. The second-order valence-electron chi connectivity index (χ2n) is 3.23. The van der Waals surface area contributed by atoms with E-state index >= 15 is 0 Å². The maximum Gasteiger partial charge on any atom is 0.310 e. The van der Waals surface area contributed by atoms with Crippen LogP contribution in [0, 0.1) is 0 Å². The molecule has 1 amide bonds. The molecule has 1 aromatic heterocycles. The van der Waals surface area contributed by atoms with E-state index in [9.17, 15) is 4.79 Å². The van der Waals surface area contributed by atoms with Gasteiger partial charge in [0.1, 0.15) is 5.76 Å². The van der Waals surface area contributed by atoms with E-state index in [1.54, 1.807) is 6.07 Å². The predicted molar refractivity (Wildman–Crippen MR) is 68.8 cm³/mol. The highest BCUT2D eigenvalue weighted by atomic mass is 79.9. The largest absolute Gasteiger partial charge is 0.451 e. The standard InChI is InChI=1S/C11H7Br2NO3/c12-6-1-2-7(8(13)5-6)9-3-4-10(17-9)11(15)14-16/h1-5,16H,(H,14,15). The highest BCUT2D eigenvalue weighted by Crippen LogP contribution is 2.31. The topological polar surface area (TPSA) is 62.5 Å². The van der Waals surface area contributed by atoms with Crippen molar-refractivity contribution in [3.05, 3.63) is 45.0 Å². The molecule has 2 rings (SSSR count). The summed E-state index contributed by atoms with van der Waals surface area (Å²) in [5.74, 6) is -0.0789. The summed E-state index contributed by atoms with van der Waals surface area (Å²) in [4.78, 5) is 11.1. The number of amides is 1. The van der Waals surface area contributed by atoms with Gasteiger partial charge in [0.05, 0.1) is 0 Å². The summed E-state index contributed by atoms with van der Waals surface area (Å²) >= 11 is 6.76. The summed E-state index contributed by atoms with van der Waals surface area (Å²) in [6.45, 7) is 0. The monoisotopic (exact) mass is 359 g/mol. The van der Waals surface area contributed by atoms with Crippen LogP contribution in [0.4, 0.5) is 0 Å². The molecule has 1 heterocycles. The van der Waals surface area contributed by atoms with Crippen molar-refractivity contribution in [2.75, 3.05) is 0 Å². The highest BCUT2D eigenvalue weighted by molar-refractivity contribution is 9.11. The molecule has 0 spiro atoms. The van der Waals surface area contributed by atoms with Crippen molar-refractivity contribution >= 4 is 37.8 Å². The molecule has 2 N–H and O–H groups in total. The second-order valence-corrected chi connectivity index (χ2v) is 5.00. The van der Waals surface area contributed by atoms with E-state index in [0.29, 0.717) is 5.76 Å². The van der Waals surface area contributed by atoms with Crippen LogP contribution in [-0.4, -0.2) is 11.1 Å². The number of nitrogens with one attached hydrogen (secondary N) is 1. The third-order valence-corrected chi connectivity index (χ3v) is 3.28. The van der Waals surface area contributed by atoms with E-state index in [1.165, 1.54) is 11.5 Å². The molecule has 88 valence electrons. The minimum absolute atomic E-state index is 0.0531. The molecule has 0 aliphatic carbocycles. The Balaban J connectivity index is 2.40. The van der Waals surface area contributed by atoms with Gasteiger partial charge in [0.25, 0.3) is 0 Å². The fraction of sp³-hybridized carbons (Fsp3) is 0. The number of rotatable bonds is 2. The summed E-state index contributed by atoms with van der Waals surface area (Å²) in [6.07, 6.45) is 0. The first-order valence-electron chi connectivity index (χ1n) is 4.61. The molecule has 0 saturated carbocycles. The quantitative estimate of drug-likeness (QED) is 0.635. The Morgan fingerprint density at radius 1 is 1.24 bits per heavy atom. The highest BCUT2D eigenvalue weighted by Gasteiger charge is 2.13. The Hall–Kier alpha value is -1.11. The minimum Gasteiger partial charge on any atom is -0.451 e. The van der Waals surface area contributed by atoms with Crippen LogP contribution in [0.25, 0.3) is 11.3 Å². The average Bonchev–Trinajstić information content (AvgIpc) is 2.77. The first-order chi connectivity index (χ1) is 8.11. The van der Waals surface area contributed by atoms with Crippen molar-refractivity contribution in [3.8, 4) is 11.3 Å². The Bertz CT molecular complexity index is 566. The molecule has 0 aliphatic rings. The molecule has 0 fully saturated rings.